The average Bonchev–Trinajstić information content (AvgIpc) is 3.79. The number of carbonyl (C=O) groups excluding carboxylic acids is 6. The van der Waals surface area contributed by atoms with Gasteiger partial charge in [-0.25, -0.2) is 4.98 Å². The number of nitrogens with one attached hydrogen (secondary N) is 4. The van der Waals surface area contributed by atoms with E-state index in [1.54, 1.807) is 31.4 Å². The van der Waals surface area contributed by atoms with Crippen LogP contribution in [0.5, 0.6) is 0 Å². The second kappa shape index (κ2) is 17.2. The second-order valence-electron chi connectivity index (χ2n) is 13.3. The van der Waals surface area contributed by atoms with Crippen LogP contribution in [0.15, 0.2) is 60.0 Å². The molecule has 17 heteroatoms. The van der Waals surface area contributed by atoms with Crippen LogP contribution in [-0.2, 0) is 36.9 Å². The van der Waals surface area contributed by atoms with Crippen molar-refractivity contribution < 1.29 is 28.8 Å². The van der Waals surface area contributed by atoms with E-state index in [1.165, 1.54) is 46.8 Å². The Balaban J connectivity index is 1.45. The number of benzene rings is 2. The maximum atomic E-state index is 13.8. The molecule has 2 bridgehead atoms. The van der Waals surface area contributed by atoms with Gasteiger partial charge in [0.15, 0.2) is 0 Å². The van der Waals surface area contributed by atoms with Crippen molar-refractivity contribution in [2.75, 3.05) is 26.7 Å². The van der Waals surface area contributed by atoms with Gasteiger partial charge in [-0.15, -0.1) is 11.3 Å². The number of hydrogen-bond donors (Lipinski definition) is 4. The highest BCUT2D eigenvalue weighted by Gasteiger charge is 2.31. The van der Waals surface area contributed by atoms with Gasteiger partial charge >= 0.3 is 0 Å². The third-order valence-corrected chi connectivity index (χ3v) is 9.72. The number of rotatable bonds is 5. The Kier molecular flexibility index (Phi) is 12.5. The van der Waals surface area contributed by atoms with E-state index < -0.39 is 59.6 Å². The van der Waals surface area contributed by atoms with Gasteiger partial charge in [-0.3, -0.25) is 28.8 Å². The van der Waals surface area contributed by atoms with E-state index in [0.717, 1.165) is 5.56 Å². The lowest BCUT2D eigenvalue weighted by Gasteiger charge is -2.29. The normalized spacial score (nSPS) is 21.4. The molecule has 1 aliphatic rings. The van der Waals surface area contributed by atoms with Crippen LogP contribution in [0, 0.1) is 5.92 Å². The molecule has 2 aromatic heterocycles. The Hall–Kier alpha value is -5.71. The molecule has 0 radical (unpaired) electrons. The standard InChI is InChI=1S/C36H44N10O6S/c1-21(2)31-34(51)38-23(4)36(52)44(5)15-16-45(30(48)19-46-42-25-13-9-10-14-26(25)43-46)18-29(47)39-27(17-24-11-7-6-8-12-24)35-40-28(20-53-35)33(50)37-22(3)32(49)41-31/h6-14,20-23,27,31H,15-19H2,1-5H3,(H,37,50)(H,38,51)(H,39,47)(H,41,49)/t22-,23+,27-,31-/m0/s1. The number of nitrogens with zero attached hydrogens (tertiary/aromatic N) is 6. The number of fused-ring (bicyclic) bond motifs is 3. The van der Waals surface area contributed by atoms with Crippen LogP contribution in [0.1, 0.15) is 54.8 Å². The first-order chi connectivity index (χ1) is 25.3. The summed E-state index contributed by atoms with van der Waals surface area (Å²) in [5.41, 5.74) is 2.16. The number of thiazole rings is 1. The van der Waals surface area contributed by atoms with Crippen LogP contribution < -0.4 is 21.3 Å². The van der Waals surface area contributed by atoms with E-state index in [9.17, 15) is 28.8 Å². The highest BCUT2D eigenvalue weighted by molar-refractivity contribution is 7.09. The van der Waals surface area contributed by atoms with E-state index in [4.69, 9.17) is 0 Å². The molecule has 3 heterocycles. The predicted molar refractivity (Wildman–Crippen MR) is 196 cm³/mol. The molecule has 1 aliphatic heterocycles. The van der Waals surface area contributed by atoms with Crippen LogP contribution in [0.4, 0.5) is 0 Å². The molecular weight excluding hydrogens is 701 g/mol. The summed E-state index contributed by atoms with van der Waals surface area (Å²) >= 11 is 1.17. The van der Waals surface area contributed by atoms with Gasteiger partial charge in [0.25, 0.3) is 5.91 Å². The van der Waals surface area contributed by atoms with Gasteiger partial charge in [0, 0.05) is 25.5 Å². The Morgan fingerprint density at radius 2 is 1.51 bits per heavy atom. The molecule has 5 rings (SSSR count). The van der Waals surface area contributed by atoms with Crippen LogP contribution in [0.3, 0.4) is 0 Å². The van der Waals surface area contributed by atoms with E-state index in [2.05, 4.69) is 36.4 Å². The lowest BCUT2D eigenvalue weighted by Crippen LogP contribution is -2.57. The van der Waals surface area contributed by atoms with Crippen LogP contribution in [-0.4, -0.2) is 110 Å². The zero-order valence-electron chi connectivity index (χ0n) is 30.2. The van der Waals surface area contributed by atoms with E-state index >= 15 is 0 Å². The summed E-state index contributed by atoms with van der Waals surface area (Å²) in [7, 11) is 1.53. The van der Waals surface area contributed by atoms with Crippen molar-refractivity contribution in [2.45, 2.75) is 64.8 Å². The fraction of sp³-hybridized carbons (Fsp3) is 0.417. The zero-order valence-corrected chi connectivity index (χ0v) is 31.1. The smallest absolute Gasteiger partial charge is 0.271 e. The lowest BCUT2D eigenvalue weighted by atomic mass is 10.0. The van der Waals surface area contributed by atoms with Gasteiger partial charge in [-0.1, -0.05) is 56.3 Å². The molecule has 16 nitrogen and oxygen atoms in total. The Bertz CT molecular complexity index is 1930. The number of aromatic nitrogens is 4. The van der Waals surface area contributed by atoms with Crippen molar-refractivity contribution in [3.63, 3.8) is 0 Å². The highest BCUT2D eigenvalue weighted by Crippen LogP contribution is 2.23. The quantitative estimate of drug-likeness (QED) is 0.231. The topological polar surface area (TPSA) is 201 Å². The van der Waals surface area contributed by atoms with Gasteiger partial charge in [-0.05, 0) is 43.9 Å². The van der Waals surface area contributed by atoms with E-state index in [-0.39, 0.29) is 37.8 Å². The highest BCUT2D eigenvalue weighted by atomic mass is 32.1. The molecule has 0 aliphatic carbocycles. The fourth-order valence-electron chi connectivity index (χ4n) is 5.73. The van der Waals surface area contributed by atoms with Crippen molar-refractivity contribution in [1.29, 1.82) is 0 Å². The van der Waals surface area contributed by atoms with Crippen molar-refractivity contribution in [3.8, 4) is 0 Å². The molecule has 0 saturated heterocycles. The number of carbonyl (C=O) groups is 6. The molecule has 4 N–H and O–H groups in total. The zero-order chi connectivity index (χ0) is 38.2. The Morgan fingerprint density at radius 3 is 2.17 bits per heavy atom. The minimum atomic E-state index is -1.03. The summed E-state index contributed by atoms with van der Waals surface area (Å²) in [6.07, 6.45) is 0.338. The van der Waals surface area contributed by atoms with Crippen molar-refractivity contribution in [2.24, 2.45) is 5.92 Å². The lowest BCUT2D eigenvalue weighted by molar-refractivity contribution is -0.139. The average molecular weight is 745 g/mol. The monoisotopic (exact) mass is 744 g/mol. The number of amides is 6. The minimum absolute atomic E-state index is 0.0244. The number of hydrogen-bond acceptors (Lipinski definition) is 10. The summed E-state index contributed by atoms with van der Waals surface area (Å²) < 4.78 is 0. The second-order valence-corrected chi connectivity index (χ2v) is 14.2. The van der Waals surface area contributed by atoms with Gasteiger partial charge in [-0.2, -0.15) is 15.0 Å². The summed E-state index contributed by atoms with van der Waals surface area (Å²) in [5.74, 6) is -3.54. The summed E-state index contributed by atoms with van der Waals surface area (Å²) in [4.78, 5) is 89.1. The molecule has 0 fully saturated rings. The van der Waals surface area contributed by atoms with Gasteiger partial charge in [0.05, 0.1) is 12.6 Å². The molecule has 0 spiro atoms. The van der Waals surface area contributed by atoms with Gasteiger partial charge < -0.3 is 31.1 Å². The van der Waals surface area contributed by atoms with Gasteiger partial charge in [0.2, 0.25) is 29.5 Å². The summed E-state index contributed by atoms with van der Waals surface area (Å²) in [6, 6.07) is 12.9. The molecule has 0 saturated carbocycles. The Labute approximate surface area is 310 Å². The predicted octanol–water partition coefficient (Wildman–Crippen LogP) is 1.05. The number of likely N-dealkylation sites (N-methyl/N-ethyl adjacent to an activating group) is 1. The van der Waals surface area contributed by atoms with E-state index in [1.807, 2.05) is 42.5 Å². The fourth-order valence-corrected chi connectivity index (χ4v) is 6.58. The molecular formula is C36H44N10O6S. The third kappa shape index (κ3) is 10.0. The molecule has 53 heavy (non-hydrogen) atoms. The van der Waals surface area contributed by atoms with Crippen LogP contribution >= 0.6 is 11.3 Å². The molecule has 280 valence electrons. The van der Waals surface area contributed by atoms with Crippen molar-refractivity contribution in [3.05, 3.63) is 76.2 Å². The molecule has 4 atom stereocenters. The molecule has 4 aromatic rings. The SMILES string of the molecule is CC(C)[C@@H]1NC(=O)[C@H](C)NC(=O)c2csc(n2)[C@H](Cc2ccccc2)NC(=O)CN(C(=O)Cn2nc3ccccc3n2)CCN(C)C(=O)[C@@H](C)NC1=O. The maximum Gasteiger partial charge on any atom is 0.271 e. The van der Waals surface area contributed by atoms with E-state index in [0.29, 0.717) is 22.5 Å². The first kappa shape index (κ1) is 38.5. The maximum absolute atomic E-state index is 13.8. The summed E-state index contributed by atoms with van der Waals surface area (Å²) in [5, 5.41) is 21.7. The minimum Gasteiger partial charge on any atom is -0.345 e. The third-order valence-electron chi connectivity index (χ3n) is 8.76. The summed E-state index contributed by atoms with van der Waals surface area (Å²) in [6.45, 7) is 5.90. The largest absolute Gasteiger partial charge is 0.345 e. The van der Waals surface area contributed by atoms with Crippen LogP contribution in [0.25, 0.3) is 11.0 Å². The molecule has 2 aromatic carbocycles. The first-order valence-electron chi connectivity index (χ1n) is 17.3. The van der Waals surface area contributed by atoms with Crippen molar-refractivity contribution in [1.82, 2.24) is 51.0 Å². The molecule has 6 amide bonds. The Morgan fingerprint density at radius 1 is 0.849 bits per heavy atom. The van der Waals surface area contributed by atoms with Crippen molar-refractivity contribution >= 4 is 57.8 Å². The first-order valence-corrected chi connectivity index (χ1v) is 18.2. The van der Waals surface area contributed by atoms with Gasteiger partial charge in [0.1, 0.15) is 46.4 Å². The molecule has 0 unspecified atom stereocenters. The van der Waals surface area contributed by atoms with Crippen LogP contribution in [0.2, 0.25) is 0 Å².